The highest BCUT2D eigenvalue weighted by Gasteiger charge is 2.46. The van der Waals surface area contributed by atoms with Crippen LogP contribution in [0, 0.1) is 5.92 Å². The number of aromatic nitrogens is 1. The Hall–Kier alpha value is -3.58. The molecule has 0 saturated heterocycles. The predicted molar refractivity (Wildman–Crippen MR) is 123 cm³/mol. The van der Waals surface area contributed by atoms with E-state index in [4.69, 9.17) is 26.2 Å². The van der Waals surface area contributed by atoms with Crippen LogP contribution in [-0.4, -0.2) is 36.0 Å². The zero-order chi connectivity index (χ0) is 22.2. The molecule has 5 rings (SSSR count). The number of anilines is 1. The lowest BCUT2D eigenvalue weighted by Crippen LogP contribution is -2.34. The first-order valence-electron chi connectivity index (χ1n) is 10.2. The van der Waals surface area contributed by atoms with Gasteiger partial charge in [-0.1, -0.05) is 11.6 Å². The molecule has 0 saturated carbocycles. The smallest absolute Gasteiger partial charge is 0.342 e. The van der Waals surface area contributed by atoms with Crippen LogP contribution in [0.3, 0.4) is 0 Å². The molecule has 0 radical (unpaired) electrons. The van der Waals surface area contributed by atoms with Gasteiger partial charge in [0.15, 0.2) is 11.5 Å². The first-order chi connectivity index (χ1) is 15.6. The summed E-state index contributed by atoms with van der Waals surface area (Å²) in [7, 11) is 3.24. The second kappa shape index (κ2) is 8.16. The third-order valence-corrected chi connectivity index (χ3v) is 6.14. The van der Waals surface area contributed by atoms with Crippen LogP contribution in [0.4, 0.5) is 10.5 Å². The minimum absolute atomic E-state index is 0.0141. The van der Waals surface area contributed by atoms with E-state index in [-0.39, 0.29) is 18.0 Å². The summed E-state index contributed by atoms with van der Waals surface area (Å²) in [6, 6.07) is 14.2. The lowest BCUT2D eigenvalue weighted by molar-refractivity contribution is 0.190. The number of urea groups is 1. The molecular formula is C24H21ClN4O3. The third kappa shape index (κ3) is 3.44. The number of hydrogen-bond acceptors (Lipinski definition) is 5. The Labute approximate surface area is 190 Å². The molecule has 3 aromatic rings. The van der Waals surface area contributed by atoms with Gasteiger partial charge in [0.2, 0.25) is 0 Å². The Balaban J connectivity index is 1.54. The molecule has 0 fully saturated rings. The molecule has 0 spiro atoms. The minimum atomic E-state index is -0.307. The van der Waals surface area contributed by atoms with E-state index >= 15 is 0 Å². The Bertz CT molecular complexity index is 1200. The topological polar surface area (TPSA) is 76.1 Å². The highest BCUT2D eigenvalue weighted by molar-refractivity contribution is 6.30. The molecular weight excluding hydrogens is 428 g/mol. The first-order valence-corrected chi connectivity index (χ1v) is 10.6. The van der Waals surface area contributed by atoms with Gasteiger partial charge >= 0.3 is 6.03 Å². The standard InChI is InChI=1S/C24H21ClN4O3/c1-31-20-12-15-11-19-22(18(15)13-21(20)32-2)28-29(23(19)14-7-9-26-10-8-14)24(30)27-17-5-3-16(25)4-6-17/h3-10,12-13,19,23H,11H2,1-2H3,(H,27,30). The van der Waals surface area contributed by atoms with Gasteiger partial charge in [-0.2, -0.15) is 5.10 Å². The Morgan fingerprint density at radius 2 is 1.75 bits per heavy atom. The van der Waals surface area contributed by atoms with Gasteiger partial charge < -0.3 is 14.8 Å². The summed E-state index contributed by atoms with van der Waals surface area (Å²) in [5.41, 5.74) is 4.60. The zero-order valence-corrected chi connectivity index (χ0v) is 18.3. The number of rotatable bonds is 4. The fraction of sp³-hybridized carbons (Fsp3) is 0.208. The largest absolute Gasteiger partial charge is 0.493 e. The summed E-state index contributed by atoms with van der Waals surface area (Å²) in [5, 5.41) is 9.85. The van der Waals surface area contributed by atoms with Gasteiger partial charge in [-0.3, -0.25) is 4.98 Å². The minimum Gasteiger partial charge on any atom is -0.493 e. The normalized spacial score (nSPS) is 18.6. The molecule has 1 aliphatic carbocycles. The Morgan fingerprint density at radius 3 is 2.44 bits per heavy atom. The number of carbonyl (C=O) groups excluding carboxylic acids is 1. The molecule has 32 heavy (non-hydrogen) atoms. The quantitative estimate of drug-likeness (QED) is 0.614. The second-order valence-corrected chi connectivity index (χ2v) is 8.10. The maximum atomic E-state index is 13.3. The predicted octanol–water partition coefficient (Wildman–Crippen LogP) is 4.92. The summed E-state index contributed by atoms with van der Waals surface area (Å²) >= 11 is 5.97. The average Bonchev–Trinajstić information content (AvgIpc) is 3.36. The van der Waals surface area contributed by atoms with Gasteiger partial charge in [-0.15, -0.1) is 0 Å². The van der Waals surface area contributed by atoms with Crippen LogP contribution in [-0.2, 0) is 6.42 Å². The van der Waals surface area contributed by atoms with Crippen LogP contribution >= 0.6 is 11.6 Å². The molecule has 2 aromatic carbocycles. The van der Waals surface area contributed by atoms with E-state index in [1.807, 2.05) is 24.3 Å². The highest BCUT2D eigenvalue weighted by atomic mass is 35.5. The van der Waals surface area contributed by atoms with Gasteiger partial charge in [0.1, 0.15) is 0 Å². The number of hydrazone groups is 1. The monoisotopic (exact) mass is 448 g/mol. The van der Waals surface area contributed by atoms with Crippen LogP contribution in [0.1, 0.15) is 22.7 Å². The van der Waals surface area contributed by atoms with E-state index < -0.39 is 0 Å². The summed E-state index contributed by atoms with van der Waals surface area (Å²) in [5.74, 6) is 1.34. The van der Waals surface area contributed by atoms with Gasteiger partial charge in [-0.05, 0) is 66.1 Å². The van der Waals surface area contributed by atoms with Crippen LogP contribution in [0.25, 0.3) is 0 Å². The number of ether oxygens (including phenoxy) is 2. The molecule has 8 heteroatoms. The van der Waals surface area contributed by atoms with Crippen LogP contribution in [0.15, 0.2) is 66.0 Å². The molecule has 0 bridgehead atoms. The molecule has 2 atom stereocenters. The number of nitrogens with zero attached hydrogens (tertiary/aromatic N) is 3. The lowest BCUT2D eigenvalue weighted by atomic mass is 9.91. The molecule has 1 aromatic heterocycles. The molecule has 2 heterocycles. The number of methoxy groups -OCH3 is 2. The van der Waals surface area contributed by atoms with Crippen LogP contribution < -0.4 is 14.8 Å². The number of benzene rings is 2. The van der Waals surface area contributed by atoms with Crippen molar-refractivity contribution < 1.29 is 14.3 Å². The van der Waals surface area contributed by atoms with Gasteiger partial charge in [-0.25, -0.2) is 9.80 Å². The van der Waals surface area contributed by atoms with E-state index in [0.29, 0.717) is 22.2 Å². The number of carbonyl (C=O) groups is 1. The van der Waals surface area contributed by atoms with Crippen molar-refractivity contribution in [3.05, 3.63) is 82.6 Å². The first kappa shape index (κ1) is 20.3. The summed E-state index contributed by atoms with van der Waals surface area (Å²) in [6.07, 6.45) is 4.21. The summed E-state index contributed by atoms with van der Waals surface area (Å²) in [6.45, 7) is 0. The fourth-order valence-corrected chi connectivity index (χ4v) is 4.55. The summed E-state index contributed by atoms with van der Waals surface area (Å²) < 4.78 is 11.0. The molecule has 7 nitrogen and oxygen atoms in total. The average molecular weight is 449 g/mol. The van der Waals surface area contributed by atoms with Crippen molar-refractivity contribution in [2.45, 2.75) is 12.5 Å². The number of hydrogen-bond donors (Lipinski definition) is 1. The van der Waals surface area contributed by atoms with Crippen molar-refractivity contribution in [1.82, 2.24) is 9.99 Å². The number of amides is 2. The lowest BCUT2D eigenvalue weighted by Gasteiger charge is -2.26. The maximum absolute atomic E-state index is 13.3. The molecule has 2 unspecified atom stereocenters. The van der Waals surface area contributed by atoms with E-state index in [9.17, 15) is 4.79 Å². The third-order valence-electron chi connectivity index (χ3n) is 5.89. The SMILES string of the molecule is COc1cc2c(cc1OC)C1=NN(C(=O)Nc3ccc(Cl)cc3)C(c3ccncc3)C1C2. The fourth-order valence-electron chi connectivity index (χ4n) is 4.42. The second-order valence-electron chi connectivity index (χ2n) is 7.67. The van der Waals surface area contributed by atoms with E-state index in [0.717, 1.165) is 28.8 Å². The van der Waals surface area contributed by atoms with Crippen molar-refractivity contribution in [2.75, 3.05) is 19.5 Å². The van der Waals surface area contributed by atoms with Crippen molar-refractivity contribution in [3.8, 4) is 11.5 Å². The maximum Gasteiger partial charge on any atom is 0.342 e. The molecule has 162 valence electrons. The molecule has 1 N–H and O–H groups in total. The van der Waals surface area contributed by atoms with Crippen molar-refractivity contribution >= 4 is 29.0 Å². The van der Waals surface area contributed by atoms with E-state index in [2.05, 4.69) is 10.3 Å². The zero-order valence-electron chi connectivity index (χ0n) is 17.6. The molecule has 1 aliphatic heterocycles. The molecule has 2 amide bonds. The number of nitrogens with one attached hydrogen (secondary N) is 1. The van der Waals surface area contributed by atoms with Gasteiger partial charge in [0.05, 0.1) is 26.0 Å². The van der Waals surface area contributed by atoms with Crippen LogP contribution in [0.5, 0.6) is 11.5 Å². The van der Waals surface area contributed by atoms with Crippen molar-refractivity contribution in [2.24, 2.45) is 11.0 Å². The summed E-state index contributed by atoms with van der Waals surface area (Å²) in [4.78, 5) is 17.4. The number of pyridine rings is 1. The highest BCUT2D eigenvalue weighted by Crippen LogP contribution is 2.46. The van der Waals surface area contributed by atoms with Gasteiger partial charge in [0, 0.05) is 34.6 Å². The van der Waals surface area contributed by atoms with E-state index in [1.165, 1.54) is 5.01 Å². The van der Waals surface area contributed by atoms with Gasteiger partial charge in [0.25, 0.3) is 0 Å². The Morgan fingerprint density at radius 1 is 1.06 bits per heavy atom. The Kier molecular flexibility index (Phi) is 5.19. The number of fused-ring (bicyclic) bond motifs is 3. The molecule has 2 aliphatic rings. The van der Waals surface area contributed by atoms with Crippen LogP contribution in [0.2, 0.25) is 5.02 Å². The van der Waals surface area contributed by atoms with Crippen molar-refractivity contribution in [1.29, 1.82) is 0 Å². The number of halogens is 1. The van der Waals surface area contributed by atoms with Crippen molar-refractivity contribution in [3.63, 3.8) is 0 Å². The van der Waals surface area contributed by atoms with E-state index in [1.54, 1.807) is 50.9 Å².